The van der Waals surface area contributed by atoms with Crippen molar-refractivity contribution >= 4 is 0 Å². The summed E-state index contributed by atoms with van der Waals surface area (Å²) in [5.41, 5.74) is 0.575. The number of hydrogen-bond acceptors (Lipinski definition) is 2. The molecule has 0 aliphatic rings. The minimum Gasteiger partial charge on any atom is -0.497 e. The Morgan fingerprint density at radius 3 is 2.47 bits per heavy atom. The predicted molar refractivity (Wildman–Crippen MR) is 71.5 cm³/mol. The van der Waals surface area contributed by atoms with Crippen LogP contribution in [-0.2, 0) is 0 Å². The number of aliphatic hydroxyl groups is 1. The first-order valence-corrected chi connectivity index (χ1v) is 6.26. The van der Waals surface area contributed by atoms with Gasteiger partial charge in [-0.1, -0.05) is 26.0 Å². The topological polar surface area (TPSA) is 29.5 Å². The van der Waals surface area contributed by atoms with Crippen molar-refractivity contribution in [1.82, 2.24) is 0 Å². The number of methoxy groups -OCH3 is 1. The third kappa shape index (κ3) is 3.47. The molecule has 1 aromatic carbocycles. The van der Waals surface area contributed by atoms with Gasteiger partial charge in [0.05, 0.1) is 12.7 Å². The van der Waals surface area contributed by atoms with E-state index in [0.717, 1.165) is 12.2 Å². The maximum Gasteiger partial charge on any atom is 0.119 e. The van der Waals surface area contributed by atoms with Crippen LogP contribution in [0.3, 0.4) is 0 Å². The van der Waals surface area contributed by atoms with E-state index in [2.05, 4.69) is 26.0 Å². The molecule has 0 bridgehead atoms. The van der Waals surface area contributed by atoms with Crippen LogP contribution in [0.1, 0.15) is 45.6 Å². The van der Waals surface area contributed by atoms with Crippen LogP contribution in [0, 0.1) is 5.92 Å². The first-order valence-electron chi connectivity index (χ1n) is 6.26. The van der Waals surface area contributed by atoms with E-state index < -0.39 is 5.60 Å². The van der Waals surface area contributed by atoms with Crippen molar-refractivity contribution in [3.05, 3.63) is 29.8 Å². The lowest BCUT2D eigenvalue weighted by Gasteiger charge is -2.33. The molecular weight excluding hydrogens is 212 g/mol. The van der Waals surface area contributed by atoms with Gasteiger partial charge in [-0.3, -0.25) is 0 Å². The molecule has 0 saturated carbocycles. The zero-order valence-corrected chi connectivity index (χ0v) is 11.5. The van der Waals surface area contributed by atoms with Crippen LogP contribution in [0.2, 0.25) is 0 Å². The molecule has 17 heavy (non-hydrogen) atoms. The number of hydrogen-bond donors (Lipinski definition) is 1. The van der Waals surface area contributed by atoms with Gasteiger partial charge in [-0.15, -0.1) is 0 Å². The van der Waals surface area contributed by atoms with E-state index in [1.54, 1.807) is 7.11 Å². The zero-order valence-electron chi connectivity index (χ0n) is 11.5. The summed E-state index contributed by atoms with van der Waals surface area (Å²) in [6.07, 6.45) is 1.01. The second-order valence-corrected chi connectivity index (χ2v) is 5.23. The zero-order chi connectivity index (χ0) is 13.1. The SMILES string of the molecule is CC[C@@H](c1cccc(OC)c1)[C@@H](C)C(C)(C)O. The Balaban J connectivity index is 3.01. The second kappa shape index (κ2) is 5.54. The fourth-order valence-electron chi connectivity index (χ4n) is 2.24. The van der Waals surface area contributed by atoms with Gasteiger partial charge in [-0.2, -0.15) is 0 Å². The summed E-state index contributed by atoms with van der Waals surface area (Å²) < 4.78 is 5.25. The van der Waals surface area contributed by atoms with Crippen LogP contribution in [0.5, 0.6) is 5.75 Å². The molecule has 1 aromatic rings. The van der Waals surface area contributed by atoms with Crippen LogP contribution >= 0.6 is 0 Å². The first-order chi connectivity index (χ1) is 7.90. The van der Waals surface area contributed by atoms with E-state index >= 15 is 0 Å². The van der Waals surface area contributed by atoms with Crippen molar-refractivity contribution in [3.8, 4) is 5.75 Å². The van der Waals surface area contributed by atoms with Gasteiger partial charge in [0.25, 0.3) is 0 Å². The molecule has 0 radical (unpaired) electrons. The lowest BCUT2D eigenvalue weighted by molar-refractivity contribution is 0.0122. The molecule has 0 spiro atoms. The van der Waals surface area contributed by atoms with Gasteiger partial charge in [-0.25, -0.2) is 0 Å². The van der Waals surface area contributed by atoms with Crippen LogP contribution < -0.4 is 4.74 Å². The van der Waals surface area contributed by atoms with Gasteiger partial charge in [0.1, 0.15) is 5.75 Å². The molecule has 2 heteroatoms. The third-order valence-electron chi connectivity index (χ3n) is 3.68. The monoisotopic (exact) mass is 236 g/mol. The molecular formula is C15H24O2. The Kier molecular flexibility index (Phi) is 4.58. The van der Waals surface area contributed by atoms with E-state index in [-0.39, 0.29) is 5.92 Å². The fraction of sp³-hybridized carbons (Fsp3) is 0.600. The van der Waals surface area contributed by atoms with E-state index in [1.807, 2.05) is 26.0 Å². The van der Waals surface area contributed by atoms with Crippen molar-refractivity contribution < 1.29 is 9.84 Å². The van der Waals surface area contributed by atoms with E-state index in [0.29, 0.717) is 5.92 Å². The average Bonchev–Trinajstić information content (AvgIpc) is 2.29. The van der Waals surface area contributed by atoms with Gasteiger partial charge in [0.15, 0.2) is 0 Å². The van der Waals surface area contributed by atoms with Crippen LogP contribution in [0.15, 0.2) is 24.3 Å². The summed E-state index contributed by atoms with van der Waals surface area (Å²) in [6, 6.07) is 8.13. The lowest BCUT2D eigenvalue weighted by atomic mass is 9.76. The molecule has 2 atom stereocenters. The number of ether oxygens (including phenoxy) is 1. The van der Waals surface area contributed by atoms with Crippen molar-refractivity contribution in [2.75, 3.05) is 7.11 Å². The molecule has 0 unspecified atom stereocenters. The molecule has 0 amide bonds. The Hall–Kier alpha value is -1.02. The van der Waals surface area contributed by atoms with Crippen LogP contribution in [0.4, 0.5) is 0 Å². The number of rotatable bonds is 5. The van der Waals surface area contributed by atoms with E-state index in [1.165, 1.54) is 5.56 Å². The fourth-order valence-corrected chi connectivity index (χ4v) is 2.24. The Morgan fingerprint density at radius 1 is 1.35 bits per heavy atom. The van der Waals surface area contributed by atoms with Gasteiger partial charge >= 0.3 is 0 Å². The third-order valence-corrected chi connectivity index (χ3v) is 3.68. The average molecular weight is 236 g/mol. The second-order valence-electron chi connectivity index (χ2n) is 5.23. The highest BCUT2D eigenvalue weighted by atomic mass is 16.5. The highest BCUT2D eigenvalue weighted by molar-refractivity contribution is 5.31. The normalized spacial score (nSPS) is 15.4. The minimum atomic E-state index is -0.663. The molecule has 0 aliphatic carbocycles. The maximum absolute atomic E-state index is 10.1. The molecule has 0 saturated heterocycles. The molecule has 0 heterocycles. The highest BCUT2D eigenvalue weighted by Crippen LogP contribution is 2.35. The number of benzene rings is 1. The van der Waals surface area contributed by atoms with Crippen LogP contribution in [0.25, 0.3) is 0 Å². The molecule has 0 aromatic heterocycles. The van der Waals surface area contributed by atoms with Gasteiger partial charge in [0, 0.05) is 0 Å². The Labute approximate surface area is 105 Å². The molecule has 0 fully saturated rings. The molecule has 2 nitrogen and oxygen atoms in total. The van der Waals surface area contributed by atoms with Crippen molar-refractivity contribution in [2.24, 2.45) is 5.92 Å². The summed E-state index contributed by atoms with van der Waals surface area (Å²) >= 11 is 0. The highest BCUT2D eigenvalue weighted by Gasteiger charge is 2.30. The van der Waals surface area contributed by atoms with Gasteiger partial charge in [-0.05, 0) is 49.8 Å². The minimum absolute atomic E-state index is 0.208. The summed E-state index contributed by atoms with van der Waals surface area (Å²) in [4.78, 5) is 0. The summed E-state index contributed by atoms with van der Waals surface area (Å²) in [6.45, 7) is 8.01. The largest absolute Gasteiger partial charge is 0.497 e. The van der Waals surface area contributed by atoms with Crippen molar-refractivity contribution in [1.29, 1.82) is 0 Å². The molecule has 96 valence electrons. The maximum atomic E-state index is 10.1. The lowest BCUT2D eigenvalue weighted by Crippen LogP contribution is -2.33. The van der Waals surface area contributed by atoms with E-state index in [9.17, 15) is 5.11 Å². The summed E-state index contributed by atoms with van der Waals surface area (Å²) in [5.74, 6) is 1.44. The van der Waals surface area contributed by atoms with Crippen molar-refractivity contribution in [2.45, 2.75) is 45.6 Å². The Morgan fingerprint density at radius 2 is 2.00 bits per heavy atom. The molecule has 1 N–H and O–H groups in total. The standard InChI is InChI=1S/C15H24O2/c1-6-14(11(2)15(3,4)16)12-8-7-9-13(10-12)17-5/h7-11,14,16H,6H2,1-5H3/t11-,14-/m1/s1. The van der Waals surface area contributed by atoms with Gasteiger partial charge in [0.2, 0.25) is 0 Å². The first kappa shape index (κ1) is 14.0. The van der Waals surface area contributed by atoms with E-state index in [4.69, 9.17) is 4.74 Å². The predicted octanol–water partition coefficient (Wildman–Crippen LogP) is 3.60. The summed E-state index contributed by atoms with van der Waals surface area (Å²) in [5, 5.41) is 10.1. The Bertz CT molecular complexity index is 352. The molecule has 0 aliphatic heterocycles. The van der Waals surface area contributed by atoms with Crippen LogP contribution in [-0.4, -0.2) is 17.8 Å². The van der Waals surface area contributed by atoms with Crippen molar-refractivity contribution in [3.63, 3.8) is 0 Å². The smallest absolute Gasteiger partial charge is 0.119 e. The molecule has 1 rings (SSSR count). The summed E-state index contributed by atoms with van der Waals surface area (Å²) in [7, 11) is 1.68. The van der Waals surface area contributed by atoms with Gasteiger partial charge < -0.3 is 9.84 Å². The quantitative estimate of drug-likeness (QED) is 0.846.